The van der Waals surface area contributed by atoms with Crippen molar-refractivity contribution in [2.45, 2.75) is 51.7 Å². The van der Waals surface area contributed by atoms with E-state index in [1.165, 1.54) is 11.9 Å². The Morgan fingerprint density at radius 2 is 1.96 bits per heavy atom. The summed E-state index contributed by atoms with van der Waals surface area (Å²) in [6.07, 6.45) is 7.26. The molecule has 5 heteroatoms. The quantitative estimate of drug-likeness (QED) is 0.859. The van der Waals surface area contributed by atoms with Gasteiger partial charge in [-0.1, -0.05) is 37.6 Å². The summed E-state index contributed by atoms with van der Waals surface area (Å²) in [4.78, 5) is 4.03. The van der Waals surface area contributed by atoms with Crippen molar-refractivity contribution in [2.75, 3.05) is 0 Å². The maximum absolute atomic E-state index is 11.6. The van der Waals surface area contributed by atoms with E-state index in [0.717, 1.165) is 30.7 Å². The second-order valence-corrected chi connectivity index (χ2v) is 7.95. The van der Waals surface area contributed by atoms with Gasteiger partial charge in [-0.3, -0.25) is 4.68 Å². The van der Waals surface area contributed by atoms with Crippen LogP contribution in [-0.2, 0) is 13.0 Å². The van der Waals surface area contributed by atoms with Crippen LogP contribution in [0.5, 0.6) is 0 Å². The van der Waals surface area contributed by atoms with E-state index in [1.807, 2.05) is 12.1 Å². The number of hydrogen-bond donors (Lipinski definition) is 1. The summed E-state index contributed by atoms with van der Waals surface area (Å²) in [6.45, 7) is 4.97. The predicted molar refractivity (Wildman–Crippen MR) is 95.8 cm³/mol. The first-order chi connectivity index (χ1) is 11.5. The fraction of sp³-hybridized carbons (Fsp3) is 0.579. The average Bonchev–Trinajstić information content (AvgIpc) is 3.13. The molecule has 1 N–H and O–H groups in total. The molecule has 0 saturated heterocycles. The zero-order valence-electron chi connectivity index (χ0n) is 14.4. The highest BCUT2D eigenvalue weighted by atomic mass is 35.5. The highest BCUT2D eigenvalue weighted by molar-refractivity contribution is 6.30. The van der Waals surface area contributed by atoms with Gasteiger partial charge in [-0.05, 0) is 61.1 Å². The van der Waals surface area contributed by atoms with Crippen LogP contribution in [0.4, 0.5) is 0 Å². The van der Waals surface area contributed by atoms with Crippen LogP contribution in [0.2, 0.25) is 5.02 Å². The fourth-order valence-corrected chi connectivity index (χ4v) is 4.27. The summed E-state index contributed by atoms with van der Waals surface area (Å²) in [7, 11) is 0. The molecule has 1 fully saturated rings. The molecule has 3 atom stereocenters. The SMILES string of the molecule is CC(C)C[C@H]1CC[C@@H](Cc2ccc(Cl)cc2)[C@]1(O)Cn1cncn1. The van der Waals surface area contributed by atoms with Gasteiger partial charge in [-0.15, -0.1) is 0 Å². The van der Waals surface area contributed by atoms with Crippen LogP contribution >= 0.6 is 11.6 Å². The third-order valence-electron chi connectivity index (χ3n) is 5.31. The first-order valence-electron chi connectivity index (χ1n) is 8.76. The van der Waals surface area contributed by atoms with Crippen molar-refractivity contribution in [1.29, 1.82) is 0 Å². The van der Waals surface area contributed by atoms with Crippen LogP contribution < -0.4 is 0 Å². The third-order valence-corrected chi connectivity index (χ3v) is 5.56. The molecule has 1 aliphatic carbocycles. The molecular weight excluding hydrogens is 322 g/mol. The van der Waals surface area contributed by atoms with Gasteiger partial charge in [0.15, 0.2) is 0 Å². The molecule has 2 aromatic rings. The third kappa shape index (κ3) is 3.81. The number of rotatable bonds is 6. The molecule has 3 rings (SSSR count). The normalized spacial score (nSPS) is 27.0. The second-order valence-electron chi connectivity index (χ2n) is 7.52. The van der Waals surface area contributed by atoms with Crippen molar-refractivity contribution in [2.24, 2.45) is 17.8 Å². The number of halogens is 1. The summed E-state index contributed by atoms with van der Waals surface area (Å²) in [5.74, 6) is 1.11. The van der Waals surface area contributed by atoms with E-state index in [1.54, 1.807) is 11.0 Å². The van der Waals surface area contributed by atoms with Crippen molar-refractivity contribution < 1.29 is 5.11 Å². The lowest BCUT2D eigenvalue weighted by molar-refractivity contribution is -0.0589. The number of hydrogen-bond acceptors (Lipinski definition) is 3. The molecule has 1 aromatic carbocycles. The van der Waals surface area contributed by atoms with E-state index in [-0.39, 0.29) is 5.92 Å². The average molecular weight is 348 g/mol. The van der Waals surface area contributed by atoms with Gasteiger partial charge in [0.2, 0.25) is 0 Å². The van der Waals surface area contributed by atoms with Crippen LogP contribution in [-0.4, -0.2) is 25.5 Å². The highest BCUT2D eigenvalue weighted by Gasteiger charge is 2.49. The molecule has 130 valence electrons. The molecule has 0 aliphatic heterocycles. The monoisotopic (exact) mass is 347 g/mol. The molecule has 0 spiro atoms. The van der Waals surface area contributed by atoms with E-state index in [9.17, 15) is 5.11 Å². The van der Waals surface area contributed by atoms with E-state index in [0.29, 0.717) is 18.4 Å². The van der Waals surface area contributed by atoms with Gasteiger partial charge in [0.1, 0.15) is 12.7 Å². The van der Waals surface area contributed by atoms with Crippen LogP contribution in [0.3, 0.4) is 0 Å². The molecule has 1 aromatic heterocycles. The number of aliphatic hydroxyl groups is 1. The van der Waals surface area contributed by atoms with Crippen LogP contribution in [0.1, 0.15) is 38.7 Å². The summed E-state index contributed by atoms with van der Waals surface area (Å²) >= 11 is 5.99. The zero-order chi connectivity index (χ0) is 17.2. The summed E-state index contributed by atoms with van der Waals surface area (Å²) < 4.78 is 1.77. The smallest absolute Gasteiger partial charge is 0.137 e. The van der Waals surface area contributed by atoms with Crippen molar-refractivity contribution >= 4 is 11.6 Å². The van der Waals surface area contributed by atoms with Gasteiger partial charge in [0.25, 0.3) is 0 Å². The van der Waals surface area contributed by atoms with Gasteiger partial charge in [-0.25, -0.2) is 4.98 Å². The van der Waals surface area contributed by atoms with E-state index >= 15 is 0 Å². The van der Waals surface area contributed by atoms with E-state index in [2.05, 4.69) is 36.1 Å². The summed E-state index contributed by atoms with van der Waals surface area (Å²) in [5, 5.41) is 16.6. The Balaban J connectivity index is 1.81. The molecule has 24 heavy (non-hydrogen) atoms. The Bertz CT molecular complexity index is 641. The Morgan fingerprint density at radius 3 is 2.58 bits per heavy atom. The van der Waals surface area contributed by atoms with Crippen LogP contribution in [0, 0.1) is 17.8 Å². The Kier molecular flexibility index (Phi) is 5.26. The lowest BCUT2D eigenvalue weighted by Crippen LogP contribution is -2.45. The molecule has 1 aliphatic rings. The Hall–Kier alpha value is -1.39. The minimum Gasteiger partial charge on any atom is -0.387 e. The maximum Gasteiger partial charge on any atom is 0.137 e. The molecule has 0 bridgehead atoms. The molecule has 1 saturated carbocycles. The topological polar surface area (TPSA) is 50.9 Å². The lowest BCUT2D eigenvalue weighted by Gasteiger charge is -2.36. The standard InChI is InChI=1S/C19H26ClN3O/c1-14(2)9-16-5-6-17(10-15-3-7-18(20)8-4-15)19(16,24)11-23-13-21-12-22-23/h3-4,7-8,12-14,16-17,24H,5-6,9-11H2,1-2H3/t16-,17+,19+/m1/s1. The van der Waals surface area contributed by atoms with Crippen LogP contribution in [0.25, 0.3) is 0 Å². The fourth-order valence-electron chi connectivity index (χ4n) is 4.14. The first-order valence-corrected chi connectivity index (χ1v) is 9.14. The van der Waals surface area contributed by atoms with Crippen molar-refractivity contribution in [3.8, 4) is 0 Å². The van der Waals surface area contributed by atoms with Gasteiger partial charge in [-0.2, -0.15) is 5.10 Å². The van der Waals surface area contributed by atoms with Crippen molar-refractivity contribution in [3.63, 3.8) is 0 Å². The highest BCUT2D eigenvalue weighted by Crippen LogP contribution is 2.46. The minimum atomic E-state index is -0.738. The molecule has 4 nitrogen and oxygen atoms in total. The number of aromatic nitrogens is 3. The van der Waals surface area contributed by atoms with E-state index < -0.39 is 5.60 Å². The molecule has 1 heterocycles. The summed E-state index contributed by atoms with van der Waals surface area (Å²) in [6, 6.07) is 7.98. The first kappa shape index (κ1) is 17.4. The minimum absolute atomic E-state index is 0.228. The molecular formula is C19H26ClN3O. The van der Waals surface area contributed by atoms with E-state index in [4.69, 9.17) is 11.6 Å². The summed E-state index contributed by atoms with van der Waals surface area (Å²) in [5.41, 5.74) is 0.490. The maximum atomic E-state index is 11.6. The van der Waals surface area contributed by atoms with Gasteiger partial charge in [0, 0.05) is 5.02 Å². The van der Waals surface area contributed by atoms with Crippen LogP contribution in [0.15, 0.2) is 36.9 Å². The second kappa shape index (κ2) is 7.24. The van der Waals surface area contributed by atoms with Crippen molar-refractivity contribution in [3.05, 3.63) is 47.5 Å². The predicted octanol–water partition coefficient (Wildman–Crippen LogP) is 3.98. The number of benzene rings is 1. The molecule has 0 unspecified atom stereocenters. The lowest BCUT2D eigenvalue weighted by atomic mass is 9.78. The van der Waals surface area contributed by atoms with Gasteiger partial charge in [0.05, 0.1) is 12.1 Å². The largest absolute Gasteiger partial charge is 0.387 e. The zero-order valence-corrected chi connectivity index (χ0v) is 15.2. The van der Waals surface area contributed by atoms with Gasteiger partial charge >= 0.3 is 0 Å². The van der Waals surface area contributed by atoms with Crippen molar-refractivity contribution in [1.82, 2.24) is 14.8 Å². The molecule has 0 radical (unpaired) electrons. The van der Waals surface area contributed by atoms with Gasteiger partial charge < -0.3 is 5.11 Å². The Morgan fingerprint density at radius 1 is 1.25 bits per heavy atom. The molecule has 0 amide bonds. The number of nitrogens with zero attached hydrogens (tertiary/aromatic N) is 3. The Labute approximate surface area is 148 Å².